The second-order valence-corrected chi connectivity index (χ2v) is 3.60. The van der Waals surface area contributed by atoms with Gasteiger partial charge in [0.15, 0.2) is 0 Å². The van der Waals surface area contributed by atoms with Crippen LogP contribution in [0.2, 0.25) is 0 Å². The third kappa shape index (κ3) is 3.38. The van der Waals surface area contributed by atoms with Crippen molar-refractivity contribution >= 4 is 17.5 Å². The minimum Gasteiger partial charge on any atom is -0.477 e. The molecule has 0 aliphatic heterocycles. The Morgan fingerprint density at radius 1 is 1.47 bits per heavy atom. The molecule has 0 aromatic carbocycles. The number of carboxylic acids is 1. The molecule has 7 heteroatoms. The summed E-state index contributed by atoms with van der Waals surface area (Å²) in [5, 5.41) is 19.7. The molecule has 1 N–H and O–H groups in total. The van der Waals surface area contributed by atoms with Crippen molar-refractivity contribution in [2.75, 3.05) is 18.0 Å². The van der Waals surface area contributed by atoms with E-state index in [2.05, 4.69) is 18.1 Å². The van der Waals surface area contributed by atoms with E-state index in [9.17, 15) is 14.9 Å². The molecule has 0 unspecified atom stereocenters. The Kier molecular flexibility index (Phi) is 4.76. The van der Waals surface area contributed by atoms with Crippen LogP contribution >= 0.6 is 0 Å². The largest absolute Gasteiger partial charge is 0.477 e. The number of aromatic carboxylic acids is 1. The van der Waals surface area contributed by atoms with E-state index in [0.29, 0.717) is 18.9 Å². The van der Waals surface area contributed by atoms with Crippen molar-refractivity contribution in [1.82, 2.24) is 4.98 Å². The molecule has 100 valence electrons. The molecule has 0 atom stereocenters. The van der Waals surface area contributed by atoms with Crippen LogP contribution in [0.4, 0.5) is 11.5 Å². The summed E-state index contributed by atoms with van der Waals surface area (Å²) in [5.74, 6) is -1.05. The summed E-state index contributed by atoms with van der Waals surface area (Å²) >= 11 is 0. The molecule has 0 aliphatic rings. The number of pyridine rings is 1. The number of carboxylic acid groups (broad SMARTS) is 1. The highest BCUT2D eigenvalue weighted by Gasteiger charge is 2.22. The van der Waals surface area contributed by atoms with Crippen LogP contribution < -0.4 is 4.90 Å². The summed E-state index contributed by atoms with van der Waals surface area (Å²) in [6.07, 6.45) is 4.18. The highest BCUT2D eigenvalue weighted by molar-refractivity contribution is 5.93. The van der Waals surface area contributed by atoms with Crippen LogP contribution in [0, 0.1) is 10.1 Å². The summed E-state index contributed by atoms with van der Waals surface area (Å²) in [4.78, 5) is 26.6. The molecule has 0 saturated carbocycles. The number of carbonyl (C=O) groups is 1. The summed E-state index contributed by atoms with van der Waals surface area (Å²) in [6, 6.07) is 1.17. The second kappa shape index (κ2) is 6.29. The average Bonchev–Trinajstić information content (AvgIpc) is 2.37. The van der Waals surface area contributed by atoms with Crippen molar-refractivity contribution in [2.45, 2.75) is 0 Å². The van der Waals surface area contributed by atoms with Gasteiger partial charge in [0.05, 0.1) is 4.92 Å². The number of rotatable bonds is 7. The Bertz CT molecular complexity index is 518. The minimum absolute atomic E-state index is 0.322. The molecule has 0 radical (unpaired) electrons. The molecule has 0 saturated heterocycles. The molecule has 0 amide bonds. The standard InChI is InChI=1S/C12H13N3O4/c1-3-5-14(6-4-2)11-7-9(12(16)17)10(8-13-11)15(18)19/h3-4,7-8H,1-2,5-6H2,(H,16,17). The predicted molar refractivity (Wildman–Crippen MR) is 70.5 cm³/mol. The lowest BCUT2D eigenvalue weighted by molar-refractivity contribution is -0.385. The highest BCUT2D eigenvalue weighted by Crippen LogP contribution is 2.22. The van der Waals surface area contributed by atoms with Gasteiger partial charge in [-0.3, -0.25) is 10.1 Å². The smallest absolute Gasteiger partial charge is 0.342 e. The molecule has 1 aromatic rings. The number of hydrogen-bond donors (Lipinski definition) is 1. The van der Waals surface area contributed by atoms with Crippen molar-refractivity contribution < 1.29 is 14.8 Å². The molecule has 1 rings (SSSR count). The van der Waals surface area contributed by atoms with Crippen molar-refractivity contribution in [3.63, 3.8) is 0 Å². The summed E-state index contributed by atoms with van der Waals surface area (Å²) in [7, 11) is 0. The fourth-order valence-electron chi connectivity index (χ4n) is 1.50. The van der Waals surface area contributed by atoms with Crippen molar-refractivity contribution in [3.05, 3.63) is 53.3 Å². The highest BCUT2D eigenvalue weighted by atomic mass is 16.6. The van der Waals surface area contributed by atoms with E-state index in [4.69, 9.17) is 5.11 Å². The van der Waals surface area contributed by atoms with Gasteiger partial charge in [0.25, 0.3) is 0 Å². The lowest BCUT2D eigenvalue weighted by atomic mass is 10.2. The summed E-state index contributed by atoms with van der Waals surface area (Å²) < 4.78 is 0. The number of nitrogens with zero attached hydrogens (tertiary/aromatic N) is 3. The van der Waals surface area contributed by atoms with E-state index >= 15 is 0 Å². The predicted octanol–water partition coefficient (Wildman–Crippen LogP) is 1.87. The summed E-state index contributed by atoms with van der Waals surface area (Å²) in [5.41, 5.74) is -0.929. The van der Waals surface area contributed by atoms with Gasteiger partial charge in [-0.05, 0) is 0 Å². The maximum atomic E-state index is 11.0. The van der Waals surface area contributed by atoms with E-state index in [1.54, 1.807) is 17.1 Å². The molecule has 1 aromatic heterocycles. The van der Waals surface area contributed by atoms with Crippen LogP contribution in [0.5, 0.6) is 0 Å². The molecule has 0 fully saturated rings. The van der Waals surface area contributed by atoms with Crippen LogP contribution in [-0.4, -0.2) is 34.1 Å². The maximum absolute atomic E-state index is 11.0. The fourth-order valence-corrected chi connectivity index (χ4v) is 1.50. The number of nitro groups is 1. The second-order valence-electron chi connectivity index (χ2n) is 3.60. The van der Waals surface area contributed by atoms with Crippen LogP contribution in [0.1, 0.15) is 10.4 Å². The maximum Gasteiger partial charge on any atom is 0.342 e. The van der Waals surface area contributed by atoms with Gasteiger partial charge in [-0.15, -0.1) is 13.2 Å². The van der Waals surface area contributed by atoms with Gasteiger partial charge in [-0.2, -0.15) is 0 Å². The van der Waals surface area contributed by atoms with Gasteiger partial charge in [0, 0.05) is 19.2 Å². The summed E-state index contributed by atoms with van der Waals surface area (Å²) in [6.45, 7) is 8.02. The van der Waals surface area contributed by atoms with Gasteiger partial charge in [-0.25, -0.2) is 9.78 Å². The molecular weight excluding hydrogens is 250 g/mol. The SMILES string of the molecule is C=CCN(CC=C)c1cc(C(=O)O)c([N+](=O)[O-])cn1. The van der Waals surface area contributed by atoms with Crippen LogP contribution in [0.25, 0.3) is 0 Å². The topological polar surface area (TPSA) is 96.6 Å². The number of hydrogen-bond acceptors (Lipinski definition) is 5. The Labute approximate surface area is 109 Å². The van der Waals surface area contributed by atoms with Crippen LogP contribution in [0.3, 0.4) is 0 Å². The third-order valence-corrected chi connectivity index (χ3v) is 2.32. The quantitative estimate of drug-likeness (QED) is 0.458. The van der Waals surface area contributed by atoms with Gasteiger partial charge >= 0.3 is 11.7 Å². The average molecular weight is 263 g/mol. The van der Waals surface area contributed by atoms with Gasteiger partial charge in [0.1, 0.15) is 17.6 Å². The van der Waals surface area contributed by atoms with Crippen molar-refractivity contribution in [1.29, 1.82) is 0 Å². The van der Waals surface area contributed by atoms with Gasteiger partial charge < -0.3 is 10.0 Å². The van der Waals surface area contributed by atoms with Crippen molar-refractivity contribution in [3.8, 4) is 0 Å². The Balaban J connectivity index is 3.26. The Hall–Kier alpha value is -2.70. The minimum atomic E-state index is -1.37. The molecule has 0 bridgehead atoms. The molecule has 19 heavy (non-hydrogen) atoms. The monoisotopic (exact) mass is 263 g/mol. The zero-order chi connectivity index (χ0) is 14.4. The lowest BCUT2D eigenvalue weighted by Gasteiger charge is -2.20. The lowest BCUT2D eigenvalue weighted by Crippen LogP contribution is -2.24. The van der Waals surface area contributed by atoms with E-state index in [1.165, 1.54) is 6.07 Å². The Morgan fingerprint density at radius 2 is 2.05 bits per heavy atom. The fraction of sp³-hybridized carbons (Fsp3) is 0.167. The molecule has 1 heterocycles. The first-order valence-electron chi connectivity index (χ1n) is 5.35. The normalized spacial score (nSPS) is 9.68. The first-order valence-corrected chi connectivity index (χ1v) is 5.35. The molecular formula is C12H13N3O4. The van der Waals surface area contributed by atoms with E-state index < -0.39 is 22.1 Å². The van der Waals surface area contributed by atoms with Gasteiger partial charge in [0.2, 0.25) is 0 Å². The van der Waals surface area contributed by atoms with Crippen LogP contribution in [-0.2, 0) is 0 Å². The number of aromatic nitrogens is 1. The third-order valence-electron chi connectivity index (χ3n) is 2.32. The first-order chi connectivity index (χ1) is 9.01. The molecule has 7 nitrogen and oxygen atoms in total. The zero-order valence-electron chi connectivity index (χ0n) is 10.2. The Morgan fingerprint density at radius 3 is 2.47 bits per heavy atom. The zero-order valence-corrected chi connectivity index (χ0v) is 10.2. The van der Waals surface area contributed by atoms with Crippen molar-refractivity contribution in [2.24, 2.45) is 0 Å². The van der Waals surface area contributed by atoms with E-state index in [1.807, 2.05) is 0 Å². The molecule has 0 aliphatic carbocycles. The van der Waals surface area contributed by atoms with Crippen LogP contribution in [0.15, 0.2) is 37.6 Å². The first kappa shape index (κ1) is 14.4. The number of anilines is 1. The van der Waals surface area contributed by atoms with E-state index in [0.717, 1.165) is 6.20 Å². The van der Waals surface area contributed by atoms with E-state index in [-0.39, 0.29) is 0 Å². The molecule has 0 spiro atoms. The van der Waals surface area contributed by atoms with Gasteiger partial charge in [-0.1, -0.05) is 12.2 Å².